The first kappa shape index (κ1) is 19.3. The molecule has 5 nitrogen and oxygen atoms in total. The molecule has 2 heterocycles. The zero-order valence-corrected chi connectivity index (χ0v) is 16.1. The van der Waals surface area contributed by atoms with Crippen LogP contribution >= 0.6 is 0 Å². The van der Waals surface area contributed by atoms with Crippen molar-refractivity contribution in [2.75, 3.05) is 13.2 Å². The SMILES string of the molecule is Cc1ccc(C(O)=C2C(=O)C(=O)N(C[C@H]3CCCO3)[C@@H]2c2ccccc2F)cc1. The molecule has 0 aromatic heterocycles. The first-order valence-corrected chi connectivity index (χ1v) is 9.69. The fourth-order valence-electron chi connectivity index (χ4n) is 3.96. The highest BCUT2D eigenvalue weighted by Gasteiger charge is 2.47. The molecule has 150 valence electrons. The van der Waals surface area contributed by atoms with Crippen molar-refractivity contribution >= 4 is 17.4 Å². The average Bonchev–Trinajstić information content (AvgIpc) is 3.31. The van der Waals surface area contributed by atoms with Crippen LogP contribution < -0.4 is 0 Å². The highest BCUT2D eigenvalue weighted by molar-refractivity contribution is 6.46. The summed E-state index contributed by atoms with van der Waals surface area (Å²) in [7, 11) is 0. The highest BCUT2D eigenvalue weighted by Crippen LogP contribution is 2.40. The van der Waals surface area contributed by atoms with E-state index >= 15 is 0 Å². The summed E-state index contributed by atoms with van der Waals surface area (Å²) in [5, 5.41) is 10.9. The van der Waals surface area contributed by atoms with Gasteiger partial charge in [-0.1, -0.05) is 48.0 Å². The fourth-order valence-corrected chi connectivity index (χ4v) is 3.96. The Morgan fingerprint density at radius 3 is 2.55 bits per heavy atom. The lowest BCUT2D eigenvalue weighted by Crippen LogP contribution is -2.36. The molecule has 0 unspecified atom stereocenters. The van der Waals surface area contributed by atoms with Crippen LogP contribution in [0.25, 0.3) is 5.76 Å². The summed E-state index contributed by atoms with van der Waals surface area (Å²) in [5.74, 6) is -2.39. The van der Waals surface area contributed by atoms with Crippen molar-refractivity contribution in [2.45, 2.75) is 31.9 Å². The lowest BCUT2D eigenvalue weighted by Gasteiger charge is -2.27. The van der Waals surface area contributed by atoms with E-state index in [1.807, 2.05) is 6.92 Å². The maximum absolute atomic E-state index is 14.7. The Morgan fingerprint density at radius 1 is 1.17 bits per heavy atom. The van der Waals surface area contributed by atoms with Gasteiger partial charge < -0.3 is 14.7 Å². The van der Waals surface area contributed by atoms with E-state index in [1.165, 1.54) is 17.0 Å². The Morgan fingerprint density at radius 2 is 1.90 bits per heavy atom. The van der Waals surface area contributed by atoms with Gasteiger partial charge in [0.1, 0.15) is 11.6 Å². The largest absolute Gasteiger partial charge is 0.507 e. The van der Waals surface area contributed by atoms with E-state index < -0.39 is 23.5 Å². The number of ether oxygens (including phenoxy) is 1. The molecule has 2 atom stereocenters. The van der Waals surface area contributed by atoms with Crippen molar-refractivity contribution in [1.82, 2.24) is 4.90 Å². The number of carbonyl (C=O) groups excluding carboxylic acids is 2. The molecule has 2 aromatic carbocycles. The molecule has 0 radical (unpaired) electrons. The van der Waals surface area contributed by atoms with E-state index in [1.54, 1.807) is 36.4 Å². The predicted octanol–water partition coefficient (Wildman–Crippen LogP) is 3.73. The Hall–Kier alpha value is -2.99. The van der Waals surface area contributed by atoms with Gasteiger partial charge in [0.05, 0.1) is 17.7 Å². The molecule has 4 rings (SSSR count). The molecule has 0 aliphatic carbocycles. The first-order valence-electron chi connectivity index (χ1n) is 9.69. The number of aryl methyl sites for hydroxylation is 1. The monoisotopic (exact) mass is 395 g/mol. The van der Waals surface area contributed by atoms with Crippen molar-refractivity contribution in [3.05, 3.63) is 76.6 Å². The van der Waals surface area contributed by atoms with Gasteiger partial charge in [0.2, 0.25) is 0 Å². The molecule has 2 aliphatic heterocycles. The van der Waals surface area contributed by atoms with Crippen LogP contribution in [0.3, 0.4) is 0 Å². The number of rotatable bonds is 4. The molecule has 0 saturated carbocycles. The van der Waals surface area contributed by atoms with Crippen LogP contribution in [-0.2, 0) is 14.3 Å². The van der Waals surface area contributed by atoms with E-state index in [0.29, 0.717) is 12.2 Å². The van der Waals surface area contributed by atoms with Crippen LogP contribution in [0.5, 0.6) is 0 Å². The van der Waals surface area contributed by atoms with Crippen molar-refractivity contribution in [1.29, 1.82) is 0 Å². The van der Waals surface area contributed by atoms with Gasteiger partial charge in [0, 0.05) is 24.3 Å². The van der Waals surface area contributed by atoms with Crippen molar-refractivity contribution < 1.29 is 23.8 Å². The number of hydrogen-bond donors (Lipinski definition) is 1. The van der Waals surface area contributed by atoms with Crippen LogP contribution in [0.1, 0.15) is 35.6 Å². The van der Waals surface area contributed by atoms with E-state index in [4.69, 9.17) is 4.74 Å². The molecule has 2 saturated heterocycles. The van der Waals surface area contributed by atoms with Crippen LogP contribution in [0.15, 0.2) is 54.1 Å². The number of aliphatic hydroxyl groups excluding tert-OH is 1. The van der Waals surface area contributed by atoms with Crippen molar-refractivity contribution in [2.24, 2.45) is 0 Å². The summed E-state index contributed by atoms with van der Waals surface area (Å²) in [6.45, 7) is 2.68. The Balaban J connectivity index is 1.84. The molecule has 0 bridgehead atoms. The molecule has 6 heteroatoms. The van der Waals surface area contributed by atoms with Crippen molar-refractivity contribution in [3.63, 3.8) is 0 Å². The number of aliphatic hydroxyl groups is 1. The number of Topliss-reactive ketones (excluding diaryl/α,β-unsaturated/α-hetero) is 1. The zero-order valence-electron chi connectivity index (χ0n) is 16.1. The quantitative estimate of drug-likeness (QED) is 0.487. The summed E-state index contributed by atoms with van der Waals surface area (Å²) >= 11 is 0. The second kappa shape index (κ2) is 7.79. The second-order valence-electron chi connectivity index (χ2n) is 7.47. The smallest absolute Gasteiger partial charge is 0.295 e. The topological polar surface area (TPSA) is 66.8 Å². The third-order valence-electron chi connectivity index (χ3n) is 5.49. The van der Waals surface area contributed by atoms with Crippen LogP contribution in [0, 0.1) is 12.7 Å². The third kappa shape index (κ3) is 3.56. The number of likely N-dealkylation sites (tertiary alicyclic amines) is 1. The summed E-state index contributed by atoms with van der Waals surface area (Å²) in [6, 6.07) is 12.0. The number of nitrogens with zero attached hydrogens (tertiary/aromatic N) is 1. The van der Waals surface area contributed by atoms with Crippen LogP contribution in [-0.4, -0.2) is 41.0 Å². The minimum Gasteiger partial charge on any atom is -0.507 e. The van der Waals surface area contributed by atoms with Gasteiger partial charge in [-0.2, -0.15) is 0 Å². The van der Waals surface area contributed by atoms with E-state index in [9.17, 15) is 19.1 Å². The fraction of sp³-hybridized carbons (Fsp3) is 0.304. The number of hydrogen-bond acceptors (Lipinski definition) is 4. The van der Waals surface area contributed by atoms with Gasteiger partial charge in [-0.05, 0) is 25.8 Å². The number of ketones is 1. The average molecular weight is 395 g/mol. The Kier molecular flexibility index (Phi) is 5.20. The van der Waals surface area contributed by atoms with Crippen LogP contribution in [0.4, 0.5) is 4.39 Å². The first-order chi connectivity index (χ1) is 14.0. The van der Waals surface area contributed by atoms with E-state index in [0.717, 1.165) is 18.4 Å². The molecular formula is C23H22FNO4. The summed E-state index contributed by atoms with van der Waals surface area (Å²) in [5.41, 5.74) is 1.48. The molecule has 29 heavy (non-hydrogen) atoms. The molecule has 0 spiro atoms. The second-order valence-corrected chi connectivity index (χ2v) is 7.47. The maximum atomic E-state index is 14.7. The number of amides is 1. The van der Waals surface area contributed by atoms with Crippen LogP contribution in [0.2, 0.25) is 0 Å². The molecule has 2 fully saturated rings. The van der Waals surface area contributed by atoms with Gasteiger partial charge >= 0.3 is 0 Å². The normalized spacial score (nSPS) is 23.7. The number of carbonyl (C=O) groups is 2. The van der Waals surface area contributed by atoms with E-state index in [2.05, 4.69) is 0 Å². The van der Waals surface area contributed by atoms with Gasteiger partial charge in [0.25, 0.3) is 11.7 Å². The van der Waals surface area contributed by atoms with E-state index in [-0.39, 0.29) is 29.5 Å². The summed E-state index contributed by atoms with van der Waals surface area (Å²) in [4.78, 5) is 27.1. The molecule has 1 amide bonds. The van der Waals surface area contributed by atoms with Gasteiger partial charge in [0.15, 0.2) is 0 Å². The zero-order chi connectivity index (χ0) is 20.5. The summed E-state index contributed by atoms with van der Waals surface area (Å²) < 4.78 is 20.3. The van der Waals surface area contributed by atoms with Gasteiger partial charge in [-0.25, -0.2) is 4.39 Å². The maximum Gasteiger partial charge on any atom is 0.295 e. The van der Waals surface area contributed by atoms with Crippen molar-refractivity contribution in [3.8, 4) is 0 Å². The number of halogens is 1. The predicted molar refractivity (Wildman–Crippen MR) is 106 cm³/mol. The molecule has 2 aliphatic rings. The Labute approximate surface area is 168 Å². The highest BCUT2D eigenvalue weighted by atomic mass is 19.1. The molecular weight excluding hydrogens is 373 g/mol. The third-order valence-corrected chi connectivity index (χ3v) is 5.49. The standard InChI is InChI=1S/C23H22FNO4/c1-14-8-10-15(11-9-14)21(26)19-20(17-6-2-3-7-18(17)24)25(23(28)22(19)27)13-16-5-4-12-29-16/h2-3,6-11,16,20,26H,4-5,12-13H2,1H3/t16-,20-/m1/s1. The Bertz CT molecular complexity index is 977. The minimum atomic E-state index is -0.998. The lowest BCUT2D eigenvalue weighted by atomic mass is 9.94. The molecule has 2 aromatic rings. The van der Waals surface area contributed by atoms with Gasteiger partial charge in [-0.15, -0.1) is 0 Å². The number of benzene rings is 2. The lowest BCUT2D eigenvalue weighted by molar-refractivity contribution is -0.140. The summed E-state index contributed by atoms with van der Waals surface area (Å²) in [6.07, 6.45) is 1.44. The minimum absolute atomic E-state index is 0.0954. The van der Waals surface area contributed by atoms with Gasteiger partial charge in [-0.3, -0.25) is 9.59 Å². The molecule has 1 N–H and O–H groups in total.